The van der Waals surface area contributed by atoms with Crippen molar-refractivity contribution >= 4 is 5.91 Å². The van der Waals surface area contributed by atoms with Crippen molar-refractivity contribution in [2.45, 2.75) is 31.3 Å². The Morgan fingerprint density at radius 1 is 1.08 bits per heavy atom. The molecule has 1 aliphatic heterocycles. The van der Waals surface area contributed by atoms with Gasteiger partial charge in [0.2, 0.25) is 5.91 Å². The molecule has 1 saturated heterocycles. The Morgan fingerprint density at radius 3 is 2.42 bits per heavy atom. The van der Waals surface area contributed by atoms with Crippen molar-refractivity contribution in [3.05, 3.63) is 65.5 Å². The lowest BCUT2D eigenvalue weighted by molar-refractivity contribution is -0.127. The highest BCUT2D eigenvalue weighted by Gasteiger charge is 2.38. The SMILES string of the molecule is CN1C(=O)C[C@@H](CNC2Cc3ccccc3C2)[C@@H]1c1ccncc1. The minimum absolute atomic E-state index is 0.150. The average Bonchev–Trinajstić information content (AvgIpc) is 3.15. The molecule has 0 radical (unpaired) electrons. The fourth-order valence-corrected chi connectivity index (χ4v) is 4.21. The largest absolute Gasteiger partial charge is 0.338 e. The molecule has 0 saturated carbocycles. The second-order valence-electron chi connectivity index (χ2n) is 6.98. The Balaban J connectivity index is 1.43. The third-order valence-electron chi connectivity index (χ3n) is 5.46. The maximum Gasteiger partial charge on any atom is 0.223 e. The zero-order valence-corrected chi connectivity index (χ0v) is 14.0. The lowest BCUT2D eigenvalue weighted by Gasteiger charge is -2.26. The smallest absolute Gasteiger partial charge is 0.223 e. The van der Waals surface area contributed by atoms with Crippen molar-refractivity contribution in [3.63, 3.8) is 0 Å². The number of likely N-dealkylation sites (tertiary alicyclic amines) is 1. The zero-order valence-electron chi connectivity index (χ0n) is 14.0. The van der Waals surface area contributed by atoms with E-state index in [-0.39, 0.29) is 11.9 Å². The lowest BCUT2D eigenvalue weighted by atomic mass is 9.94. The first-order valence-corrected chi connectivity index (χ1v) is 8.68. The molecule has 1 aromatic carbocycles. The Hall–Kier alpha value is -2.20. The maximum absolute atomic E-state index is 12.2. The van der Waals surface area contributed by atoms with Gasteiger partial charge >= 0.3 is 0 Å². The molecular formula is C20H23N3O. The number of aromatic nitrogens is 1. The Morgan fingerprint density at radius 2 is 1.75 bits per heavy atom. The van der Waals surface area contributed by atoms with Crippen LogP contribution < -0.4 is 5.32 Å². The number of hydrogen-bond acceptors (Lipinski definition) is 3. The molecule has 1 amide bonds. The number of pyridine rings is 1. The number of benzene rings is 1. The van der Waals surface area contributed by atoms with Crippen LogP contribution in [0.15, 0.2) is 48.8 Å². The predicted octanol–water partition coefficient (Wildman–Crippen LogP) is 2.36. The van der Waals surface area contributed by atoms with E-state index in [0.29, 0.717) is 18.4 Å². The Bertz CT molecular complexity index is 706. The number of nitrogens with one attached hydrogen (secondary N) is 1. The summed E-state index contributed by atoms with van der Waals surface area (Å²) in [7, 11) is 1.92. The Kier molecular flexibility index (Phi) is 4.07. The highest BCUT2D eigenvalue weighted by Crippen LogP contribution is 2.36. The van der Waals surface area contributed by atoms with Crippen molar-refractivity contribution in [2.75, 3.05) is 13.6 Å². The first kappa shape index (κ1) is 15.3. The van der Waals surface area contributed by atoms with E-state index in [1.165, 1.54) is 16.7 Å². The van der Waals surface area contributed by atoms with Gasteiger partial charge in [0, 0.05) is 44.4 Å². The van der Waals surface area contributed by atoms with Gasteiger partial charge in [0.05, 0.1) is 6.04 Å². The molecule has 4 rings (SSSR count). The second-order valence-corrected chi connectivity index (χ2v) is 6.98. The van der Waals surface area contributed by atoms with Crippen molar-refractivity contribution < 1.29 is 4.79 Å². The summed E-state index contributed by atoms with van der Waals surface area (Å²) < 4.78 is 0. The molecule has 4 heteroatoms. The molecule has 2 aromatic rings. The molecular weight excluding hydrogens is 298 g/mol. The number of fused-ring (bicyclic) bond motifs is 1. The van der Waals surface area contributed by atoms with Crippen LogP contribution in [0.4, 0.5) is 0 Å². The maximum atomic E-state index is 12.2. The molecule has 2 atom stereocenters. The van der Waals surface area contributed by atoms with Crippen LogP contribution in [0.2, 0.25) is 0 Å². The van der Waals surface area contributed by atoms with E-state index < -0.39 is 0 Å². The molecule has 0 spiro atoms. The van der Waals surface area contributed by atoms with Gasteiger partial charge < -0.3 is 10.2 Å². The third-order valence-corrected chi connectivity index (χ3v) is 5.46. The van der Waals surface area contributed by atoms with Crippen LogP contribution in [0.1, 0.15) is 29.2 Å². The van der Waals surface area contributed by atoms with Gasteiger partial charge in [-0.25, -0.2) is 0 Å². The molecule has 2 heterocycles. The number of rotatable bonds is 4. The highest BCUT2D eigenvalue weighted by atomic mass is 16.2. The second kappa shape index (κ2) is 6.36. The number of amides is 1. The summed E-state index contributed by atoms with van der Waals surface area (Å²) in [6.07, 6.45) is 6.42. The molecule has 2 aliphatic rings. The number of nitrogens with zero attached hydrogens (tertiary/aromatic N) is 2. The summed E-state index contributed by atoms with van der Waals surface area (Å²) in [5, 5.41) is 3.72. The summed E-state index contributed by atoms with van der Waals surface area (Å²) >= 11 is 0. The molecule has 4 nitrogen and oxygen atoms in total. The van der Waals surface area contributed by atoms with E-state index in [1.54, 1.807) is 0 Å². The fourth-order valence-electron chi connectivity index (χ4n) is 4.21. The van der Waals surface area contributed by atoms with E-state index in [4.69, 9.17) is 0 Å². The van der Waals surface area contributed by atoms with Gasteiger partial charge in [0.25, 0.3) is 0 Å². The van der Waals surface area contributed by atoms with Gasteiger partial charge in [-0.15, -0.1) is 0 Å². The summed E-state index contributed by atoms with van der Waals surface area (Å²) in [6.45, 7) is 0.877. The molecule has 124 valence electrons. The van der Waals surface area contributed by atoms with Crippen molar-refractivity contribution in [3.8, 4) is 0 Å². The molecule has 1 N–H and O–H groups in total. The quantitative estimate of drug-likeness (QED) is 0.940. The first-order valence-electron chi connectivity index (χ1n) is 8.68. The third kappa shape index (κ3) is 2.82. The van der Waals surface area contributed by atoms with Gasteiger partial charge in [0.1, 0.15) is 0 Å². The van der Waals surface area contributed by atoms with Gasteiger partial charge in [-0.1, -0.05) is 24.3 Å². The zero-order chi connectivity index (χ0) is 16.5. The highest BCUT2D eigenvalue weighted by molar-refractivity contribution is 5.79. The van der Waals surface area contributed by atoms with Gasteiger partial charge in [0.15, 0.2) is 0 Å². The van der Waals surface area contributed by atoms with Crippen LogP contribution in [0.3, 0.4) is 0 Å². The van der Waals surface area contributed by atoms with Crippen LogP contribution in [0.5, 0.6) is 0 Å². The fraction of sp³-hybridized carbons (Fsp3) is 0.400. The molecule has 1 aliphatic carbocycles. The van der Waals surface area contributed by atoms with Crippen molar-refractivity contribution in [1.29, 1.82) is 0 Å². The van der Waals surface area contributed by atoms with Crippen LogP contribution >= 0.6 is 0 Å². The lowest BCUT2D eigenvalue weighted by Crippen LogP contribution is -2.36. The summed E-state index contributed by atoms with van der Waals surface area (Å²) in [4.78, 5) is 18.2. The Labute approximate surface area is 142 Å². The molecule has 24 heavy (non-hydrogen) atoms. The van der Waals surface area contributed by atoms with Crippen LogP contribution in [-0.2, 0) is 17.6 Å². The first-order chi connectivity index (χ1) is 11.7. The minimum Gasteiger partial charge on any atom is -0.338 e. The summed E-state index contributed by atoms with van der Waals surface area (Å²) in [6, 6.07) is 13.4. The molecule has 1 fully saturated rings. The number of carbonyl (C=O) groups excluding carboxylic acids is 1. The van der Waals surface area contributed by atoms with E-state index in [9.17, 15) is 4.79 Å². The van der Waals surface area contributed by atoms with E-state index in [1.807, 2.05) is 36.5 Å². The van der Waals surface area contributed by atoms with Crippen LogP contribution in [0.25, 0.3) is 0 Å². The standard InChI is InChI=1S/C20H23N3O/c1-23-19(24)12-17(20(23)14-6-8-21-9-7-14)13-22-18-10-15-4-2-3-5-16(15)11-18/h2-9,17-18,20,22H,10-13H2,1H3/t17-,20-/m0/s1. The predicted molar refractivity (Wildman–Crippen MR) is 93.5 cm³/mol. The number of carbonyl (C=O) groups is 1. The van der Waals surface area contributed by atoms with Gasteiger partial charge in [-0.05, 0) is 41.7 Å². The van der Waals surface area contributed by atoms with Crippen LogP contribution in [0, 0.1) is 5.92 Å². The van der Waals surface area contributed by atoms with E-state index >= 15 is 0 Å². The summed E-state index contributed by atoms with van der Waals surface area (Å²) in [5.41, 5.74) is 4.10. The van der Waals surface area contributed by atoms with Gasteiger partial charge in [-0.3, -0.25) is 9.78 Å². The molecule has 0 bridgehead atoms. The van der Waals surface area contributed by atoms with E-state index in [0.717, 1.165) is 19.4 Å². The topological polar surface area (TPSA) is 45.2 Å². The van der Waals surface area contributed by atoms with Crippen LogP contribution in [-0.4, -0.2) is 35.4 Å². The van der Waals surface area contributed by atoms with Crippen molar-refractivity contribution in [2.24, 2.45) is 5.92 Å². The average molecular weight is 321 g/mol. The molecule has 0 unspecified atom stereocenters. The minimum atomic E-state index is 0.150. The molecule has 1 aromatic heterocycles. The summed E-state index contributed by atoms with van der Waals surface area (Å²) in [5.74, 6) is 0.548. The van der Waals surface area contributed by atoms with Gasteiger partial charge in [-0.2, -0.15) is 0 Å². The van der Waals surface area contributed by atoms with E-state index in [2.05, 4.69) is 34.6 Å². The normalized spacial score (nSPS) is 23.7. The van der Waals surface area contributed by atoms with Crippen molar-refractivity contribution in [1.82, 2.24) is 15.2 Å². The number of hydrogen-bond donors (Lipinski definition) is 1. The monoisotopic (exact) mass is 321 g/mol.